The number of halogens is 5. The van der Waals surface area contributed by atoms with E-state index in [9.17, 15) is 31.5 Å². The van der Waals surface area contributed by atoms with Crippen molar-refractivity contribution in [1.82, 2.24) is 4.90 Å². The van der Waals surface area contributed by atoms with E-state index < -0.39 is 66.1 Å². The smallest absolute Gasteiger partial charge is 0.394 e. The first kappa shape index (κ1) is 18.2. The molecule has 0 saturated carbocycles. The first-order valence-corrected chi connectivity index (χ1v) is 7.06. The van der Waals surface area contributed by atoms with Crippen LogP contribution in [0.5, 0.6) is 0 Å². The van der Waals surface area contributed by atoms with E-state index in [1.807, 2.05) is 0 Å². The molecule has 0 radical (unpaired) electrons. The van der Waals surface area contributed by atoms with Gasteiger partial charge in [-0.3, -0.25) is 9.59 Å². The van der Waals surface area contributed by atoms with Crippen molar-refractivity contribution in [3.63, 3.8) is 0 Å². The number of hydrogen-bond donors (Lipinski definition) is 1. The Bertz CT molecular complexity index is 641. The molecule has 1 aliphatic rings. The number of carbonyl (C=O) groups excluding carboxylic acids is 1. The van der Waals surface area contributed by atoms with Gasteiger partial charge >= 0.3 is 12.1 Å². The molecule has 1 heterocycles. The Kier molecular flexibility index (Phi) is 4.82. The van der Waals surface area contributed by atoms with Crippen molar-refractivity contribution in [3.05, 3.63) is 35.4 Å². The largest absolute Gasteiger partial charge is 0.481 e. The van der Waals surface area contributed by atoms with Crippen LogP contribution in [0.25, 0.3) is 0 Å². The van der Waals surface area contributed by atoms with Gasteiger partial charge in [-0.1, -0.05) is 6.07 Å². The van der Waals surface area contributed by atoms with Crippen LogP contribution in [0.2, 0.25) is 0 Å². The minimum atomic E-state index is -4.79. The average Bonchev–Trinajstić information content (AvgIpc) is 2.91. The lowest BCUT2D eigenvalue weighted by Crippen LogP contribution is -2.35. The molecule has 2 rings (SSSR count). The number of nitrogens with zero attached hydrogens (tertiary/aromatic N) is 1. The molecule has 4 nitrogen and oxygen atoms in total. The standard InChI is InChI=1S/C15H14F5NO3/c1-7(12-10(16)3-2-4-11(12)17)13(22)21-5-8(14(23)24)9(6-21)15(18,19)20/h2-4,7-9H,5-6H2,1H3,(H,23,24)/t7?,8-,9-/m1/s1. The molecule has 0 spiro atoms. The molecule has 1 N–H and O–H groups in total. The van der Waals surface area contributed by atoms with Gasteiger partial charge < -0.3 is 10.0 Å². The van der Waals surface area contributed by atoms with Crippen LogP contribution in [0, 0.1) is 23.5 Å². The van der Waals surface area contributed by atoms with Gasteiger partial charge in [-0.05, 0) is 19.1 Å². The molecule has 1 aromatic rings. The molecule has 0 aromatic heterocycles. The highest BCUT2D eigenvalue weighted by Crippen LogP contribution is 2.39. The van der Waals surface area contributed by atoms with Crippen LogP contribution in [-0.2, 0) is 9.59 Å². The number of carboxylic acids is 1. The van der Waals surface area contributed by atoms with Gasteiger partial charge in [-0.15, -0.1) is 0 Å². The summed E-state index contributed by atoms with van der Waals surface area (Å²) >= 11 is 0. The predicted octanol–water partition coefficient (Wildman–Crippen LogP) is 2.79. The van der Waals surface area contributed by atoms with Gasteiger partial charge in [0.1, 0.15) is 11.6 Å². The molecule has 0 bridgehead atoms. The van der Waals surface area contributed by atoms with Gasteiger partial charge in [0.15, 0.2) is 0 Å². The molecule has 132 valence electrons. The average molecular weight is 351 g/mol. The minimum absolute atomic E-state index is 0.551. The van der Waals surface area contributed by atoms with Gasteiger partial charge in [0, 0.05) is 18.7 Å². The maximum absolute atomic E-state index is 13.7. The fraction of sp³-hybridized carbons (Fsp3) is 0.467. The summed E-state index contributed by atoms with van der Waals surface area (Å²) in [6, 6.07) is 2.97. The number of rotatable bonds is 3. The summed E-state index contributed by atoms with van der Waals surface area (Å²) in [5.74, 6) is -9.97. The summed E-state index contributed by atoms with van der Waals surface area (Å²) < 4.78 is 66.3. The third-order valence-electron chi connectivity index (χ3n) is 4.17. The second-order valence-electron chi connectivity index (χ2n) is 5.69. The van der Waals surface area contributed by atoms with E-state index in [-0.39, 0.29) is 0 Å². The number of alkyl halides is 3. The first-order chi connectivity index (χ1) is 11.0. The SMILES string of the molecule is CC(C(=O)N1C[C@@H](C(F)(F)F)[C@H](C(=O)O)C1)c1c(F)cccc1F. The Morgan fingerprint density at radius 2 is 1.75 bits per heavy atom. The molecule has 1 saturated heterocycles. The number of amides is 1. The van der Waals surface area contributed by atoms with Crippen LogP contribution in [0.3, 0.4) is 0 Å². The van der Waals surface area contributed by atoms with Crippen LogP contribution in [0.15, 0.2) is 18.2 Å². The van der Waals surface area contributed by atoms with Gasteiger partial charge in [0.25, 0.3) is 0 Å². The highest BCUT2D eigenvalue weighted by molar-refractivity contribution is 5.85. The molecule has 1 aromatic carbocycles. The van der Waals surface area contributed by atoms with E-state index in [0.29, 0.717) is 4.90 Å². The summed E-state index contributed by atoms with van der Waals surface area (Å²) in [5.41, 5.74) is -0.551. The molecule has 0 aliphatic carbocycles. The van der Waals surface area contributed by atoms with E-state index in [1.54, 1.807) is 0 Å². The number of likely N-dealkylation sites (tertiary alicyclic amines) is 1. The monoisotopic (exact) mass is 351 g/mol. The van der Waals surface area contributed by atoms with Crippen LogP contribution in [-0.4, -0.2) is 41.1 Å². The topological polar surface area (TPSA) is 57.6 Å². The second-order valence-corrected chi connectivity index (χ2v) is 5.69. The van der Waals surface area contributed by atoms with Gasteiger partial charge in [-0.25, -0.2) is 8.78 Å². The minimum Gasteiger partial charge on any atom is -0.481 e. The highest BCUT2D eigenvalue weighted by Gasteiger charge is 2.53. The Morgan fingerprint density at radius 1 is 1.21 bits per heavy atom. The number of carboxylic acid groups (broad SMARTS) is 1. The van der Waals surface area contributed by atoms with Crippen molar-refractivity contribution in [2.45, 2.75) is 19.0 Å². The highest BCUT2D eigenvalue weighted by atomic mass is 19.4. The fourth-order valence-corrected chi connectivity index (χ4v) is 2.89. The molecule has 1 fully saturated rings. The van der Waals surface area contributed by atoms with Crippen LogP contribution >= 0.6 is 0 Å². The normalized spacial score (nSPS) is 22.5. The summed E-state index contributed by atoms with van der Waals surface area (Å²) in [6.07, 6.45) is -4.79. The maximum Gasteiger partial charge on any atom is 0.394 e. The molecular formula is C15H14F5NO3. The number of carbonyl (C=O) groups is 2. The van der Waals surface area contributed by atoms with E-state index >= 15 is 0 Å². The van der Waals surface area contributed by atoms with Crippen molar-refractivity contribution in [1.29, 1.82) is 0 Å². The van der Waals surface area contributed by atoms with Crippen LogP contribution < -0.4 is 0 Å². The van der Waals surface area contributed by atoms with E-state index in [4.69, 9.17) is 5.11 Å². The van der Waals surface area contributed by atoms with E-state index in [1.165, 1.54) is 6.92 Å². The quantitative estimate of drug-likeness (QED) is 0.852. The van der Waals surface area contributed by atoms with Crippen molar-refractivity contribution in [3.8, 4) is 0 Å². The number of benzene rings is 1. The third kappa shape index (κ3) is 3.34. The molecule has 3 atom stereocenters. The van der Waals surface area contributed by atoms with Gasteiger partial charge in [0.05, 0.1) is 17.8 Å². The Morgan fingerprint density at radius 3 is 2.17 bits per heavy atom. The molecule has 9 heteroatoms. The maximum atomic E-state index is 13.7. The number of hydrogen-bond acceptors (Lipinski definition) is 2. The van der Waals surface area contributed by atoms with Crippen LogP contribution in [0.1, 0.15) is 18.4 Å². The van der Waals surface area contributed by atoms with Gasteiger partial charge in [0.2, 0.25) is 5.91 Å². The Hall–Kier alpha value is -2.19. The molecule has 1 unspecified atom stereocenters. The molecular weight excluding hydrogens is 337 g/mol. The first-order valence-electron chi connectivity index (χ1n) is 7.06. The van der Waals surface area contributed by atoms with E-state index in [2.05, 4.69) is 0 Å². The lowest BCUT2D eigenvalue weighted by molar-refractivity contribution is -0.188. The Balaban J connectivity index is 2.26. The van der Waals surface area contributed by atoms with Crippen molar-refractivity contribution in [2.24, 2.45) is 11.8 Å². The lowest BCUT2D eigenvalue weighted by atomic mass is 9.96. The molecule has 1 amide bonds. The molecule has 1 aliphatic heterocycles. The van der Waals surface area contributed by atoms with Gasteiger partial charge in [-0.2, -0.15) is 13.2 Å². The zero-order valence-corrected chi connectivity index (χ0v) is 12.5. The summed E-state index contributed by atoms with van der Waals surface area (Å²) in [7, 11) is 0. The van der Waals surface area contributed by atoms with Crippen molar-refractivity contribution >= 4 is 11.9 Å². The zero-order valence-electron chi connectivity index (χ0n) is 12.5. The predicted molar refractivity (Wildman–Crippen MR) is 72.0 cm³/mol. The lowest BCUT2D eigenvalue weighted by Gasteiger charge is -2.22. The van der Waals surface area contributed by atoms with Crippen molar-refractivity contribution in [2.75, 3.05) is 13.1 Å². The van der Waals surface area contributed by atoms with Crippen molar-refractivity contribution < 1.29 is 36.6 Å². The second kappa shape index (κ2) is 6.37. The Labute approximate surface area is 133 Å². The number of aliphatic carboxylic acids is 1. The third-order valence-corrected chi connectivity index (χ3v) is 4.17. The van der Waals surface area contributed by atoms with E-state index in [0.717, 1.165) is 18.2 Å². The zero-order chi connectivity index (χ0) is 18.2. The summed E-state index contributed by atoms with van der Waals surface area (Å²) in [5, 5.41) is 8.93. The summed E-state index contributed by atoms with van der Waals surface area (Å²) in [4.78, 5) is 24.0. The van der Waals surface area contributed by atoms with Crippen LogP contribution in [0.4, 0.5) is 22.0 Å². The molecule has 24 heavy (non-hydrogen) atoms. The fourth-order valence-electron chi connectivity index (χ4n) is 2.89. The summed E-state index contributed by atoms with van der Waals surface area (Å²) in [6.45, 7) is -0.334.